The number of hydrogen-bond donors (Lipinski definition) is 2. The van der Waals surface area contributed by atoms with Crippen LogP contribution in [0.2, 0.25) is 0 Å². The first-order valence-electron chi connectivity index (χ1n) is 7.22. The standard InChI is InChI=1S/C15H25N3O2/c1-8-9(2)20-10(3)13(8)14(19)16-12-7-11(17-18-12)15(4,5)6/h7-10,13H,1-6H3,(H2,16,17,18,19). The van der Waals surface area contributed by atoms with Gasteiger partial charge in [0, 0.05) is 17.2 Å². The van der Waals surface area contributed by atoms with Crippen LogP contribution in [-0.2, 0) is 14.9 Å². The van der Waals surface area contributed by atoms with Crippen LogP contribution in [-0.4, -0.2) is 28.3 Å². The number of hydrogen-bond acceptors (Lipinski definition) is 3. The zero-order valence-corrected chi connectivity index (χ0v) is 13.2. The second-order valence-corrected chi connectivity index (χ2v) is 6.84. The maximum Gasteiger partial charge on any atom is 0.231 e. The van der Waals surface area contributed by atoms with Gasteiger partial charge in [-0.25, -0.2) is 0 Å². The number of amides is 1. The van der Waals surface area contributed by atoms with Gasteiger partial charge in [-0.15, -0.1) is 0 Å². The van der Waals surface area contributed by atoms with E-state index >= 15 is 0 Å². The van der Waals surface area contributed by atoms with Crippen LogP contribution in [0.3, 0.4) is 0 Å². The number of nitrogens with one attached hydrogen (secondary N) is 2. The molecule has 20 heavy (non-hydrogen) atoms. The van der Waals surface area contributed by atoms with Crippen LogP contribution in [0.25, 0.3) is 0 Å². The number of H-pyrrole nitrogens is 1. The van der Waals surface area contributed by atoms with Crippen molar-refractivity contribution in [1.82, 2.24) is 10.2 Å². The minimum atomic E-state index is -0.125. The first-order chi connectivity index (χ1) is 9.20. The lowest BCUT2D eigenvalue weighted by molar-refractivity contribution is -0.122. The second-order valence-electron chi connectivity index (χ2n) is 6.84. The zero-order chi connectivity index (χ0) is 15.1. The Labute approximate surface area is 120 Å². The van der Waals surface area contributed by atoms with Gasteiger partial charge in [0.2, 0.25) is 5.91 Å². The molecule has 1 aromatic rings. The second kappa shape index (κ2) is 5.20. The third-order valence-corrected chi connectivity index (χ3v) is 4.18. The van der Waals surface area contributed by atoms with Crippen molar-refractivity contribution in [3.8, 4) is 0 Å². The van der Waals surface area contributed by atoms with Crippen molar-refractivity contribution in [1.29, 1.82) is 0 Å². The molecule has 4 atom stereocenters. The highest BCUT2D eigenvalue weighted by molar-refractivity contribution is 5.92. The highest BCUT2D eigenvalue weighted by Crippen LogP contribution is 2.33. The monoisotopic (exact) mass is 279 g/mol. The minimum absolute atomic E-state index is 0.0124. The molecule has 2 rings (SSSR count). The van der Waals surface area contributed by atoms with Crippen molar-refractivity contribution in [3.63, 3.8) is 0 Å². The molecule has 1 aliphatic rings. The Hall–Kier alpha value is -1.36. The summed E-state index contributed by atoms with van der Waals surface area (Å²) >= 11 is 0. The fraction of sp³-hybridized carbons (Fsp3) is 0.733. The predicted octanol–water partition coefficient (Wildman–Crippen LogP) is 2.71. The van der Waals surface area contributed by atoms with Gasteiger partial charge in [0.15, 0.2) is 5.82 Å². The molecule has 1 fully saturated rings. The molecule has 2 heterocycles. The van der Waals surface area contributed by atoms with E-state index in [-0.39, 0.29) is 35.4 Å². The molecule has 1 amide bonds. The molecule has 2 N–H and O–H groups in total. The summed E-state index contributed by atoms with van der Waals surface area (Å²) in [6, 6.07) is 1.90. The van der Waals surface area contributed by atoms with E-state index in [1.54, 1.807) is 0 Å². The van der Waals surface area contributed by atoms with Crippen molar-refractivity contribution in [3.05, 3.63) is 11.8 Å². The smallest absolute Gasteiger partial charge is 0.231 e. The molecule has 0 aromatic carbocycles. The maximum absolute atomic E-state index is 12.4. The topological polar surface area (TPSA) is 67.0 Å². The number of ether oxygens (including phenoxy) is 1. The highest BCUT2D eigenvalue weighted by Gasteiger charge is 2.41. The molecular weight excluding hydrogens is 254 g/mol. The molecule has 0 aliphatic carbocycles. The highest BCUT2D eigenvalue weighted by atomic mass is 16.5. The SMILES string of the molecule is CC1OC(C)C(C(=O)Nc2cc(C(C)(C)C)[nH]n2)C1C. The van der Waals surface area contributed by atoms with E-state index in [0.717, 1.165) is 5.69 Å². The van der Waals surface area contributed by atoms with E-state index < -0.39 is 0 Å². The van der Waals surface area contributed by atoms with Crippen LogP contribution in [0, 0.1) is 11.8 Å². The van der Waals surface area contributed by atoms with Crippen LogP contribution in [0.1, 0.15) is 47.2 Å². The summed E-state index contributed by atoms with van der Waals surface area (Å²) in [5.74, 6) is 0.658. The summed E-state index contributed by atoms with van der Waals surface area (Å²) in [4.78, 5) is 12.4. The lowest BCUT2D eigenvalue weighted by Gasteiger charge is -2.17. The molecule has 0 radical (unpaired) electrons. The third kappa shape index (κ3) is 2.87. The number of rotatable bonds is 2. The Morgan fingerprint density at radius 2 is 1.95 bits per heavy atom. The summed E-state index contributed by atoms with van der Waals surface area (Å²) in [7, 11) is 0. The number of carbonyl (C=O) groups is 1. The zero-order valence-electron chi connectivity index (χ0n) is 13.2. The summed E-state index contributed by atoms with van der Waals surface area (Å²) in [6.07, 6.45) is 0.0612. The Bertz CT molecular complexity index is 490. The molecule has 1 saturated heterocycles. The van der Waals surface area contributed by atoms with E-state index in [4.69, 9.17) is 4.74 Å². The first kappa shape index (κ1) is 15.0. The Kier molecular flexibility index (Phi) is 3.91. The van der Waals surface area contributed by atoms with Crippen molar-refractivity contribution >= 4 is 11.7 Å². The molecule has 112 valence electrons. The summed E-state index contributed by atoms with van der Waals surface area (Å²) < 4.78 is 5.72. The molecule has 1 aliphatic heterocycles. The van der Waals surface area contributed by atoms with Crippen LogP contribution < -0.4 is 5.32 Å². The van der Waals surface area contributed by atoms with E-state index in [1.165, 1.54) is 0 Å². The lowest BCUT2D eigenvalue weighted by atomic mass is 9.89. The van der Waals surface area contributed by atoms with Crippen molar-refractivity contribution < 1.29 is 9.53 Å². The van der Waals surface area contributed by atoms with Gasteiger partial charge in [0.05, 0.1) is 18.1 Å². The Morgan fingerprint density at radius 3 is 2.40 bits per heavy atom. The van der Waals surface area contributed by atoms with Crippen LogP contribution >= 0.6 is 0 Å². The Morgan fingerprint density at radius 1 is 1.30 bits per heavy atom. The number of aromatic nitrogens is 2. The van der Waals surface area contributed by atoms with Crippen molar-refractivity contribution in [2.24, 2.45) is 11.8 Å². The van der Waals surface area contributed by atoms with Gasteiger partial charge in [0.1, 0.15) is 0 Å². The predicted molar refractivity (Wildman–Crippen MR) is 78.6 cm³/mol. The quantitative estimate of drug-likeness (QED) is 0.874. The molecule has 1 aromatic heterocycles. The number of carbonyl (C=O) groups excluding carboxylic acids is 1. The van der Waals surface area contributed by atoms with Gasteiger partial charge < -0.3 is 10.1 Å². The maximum atomic E-state index is 12.4. The van der Waals surface area contributed by atoms with Crippen molar-refractivity contribution in [2.75, 3.05) is 5.32 Å². The van der Waals surface area contributed by atoms with Crippen LogP contribution in [0.5, 0.6) is 0 Å². The average Bonchev–Trinajstić information content (AvgIpc) is 2.85. The number of aromatic amines is 1. The number of nitrogens with zero attached hydrogens (tertiary/aromatic N) is 1. The first-order valence-corrected chi connectivity index (χ1v) is 7.22. The Balaban J connectivity index is 2.07. The van der Waals surface area contributed by atoms with Gasteiger partial charge in [-0.05, 0) is 19.8 Å². The van der Waals surface area contributed by atoms with E-state index in [0.29, 0.717) is 5.82 Å². The summed E-state index contributed by atoms with van der Waals surface area (Å²) in [5, 5.41) is 10.0. The van der Waals surface area contributed by atoms with Gasteiger partial charge in [0.25, 0.3) is 0 Å². The molecule has 4 unspecified atom stereocenters. The average molecular weight is 279 g/mol. The van der Waals surface area contributed by atoms with E-state index in [1.807, 2.05) is 19.9 Å². The minimum Gasteiger partial charge on any atom is -0.374 e. The van der Waals surface area contributed by atoms with Crippen LogP contribution in [0.4, 0.5) is 5.82 Å². The molecular formula is C15H25N3O2. The lowest BCUT2D eigenvalue weighted by Crippen LogP contribution is -2.32. The largest absolute Gasteiger partial charge is 0.374 e. The summed E-state index contributed by atoms with van der Waals surface area (Å²) in [5.41, 5.74) is 0.992. The molecule has 0 spiro atoms. The fourth-order valence-electron chi connectivity index (χ4n) is 2.70. The third-order valence-electron chi connectivity index (χ3n) is 4.18. The van der Waals surface area contributed by atoms with Gasteiger partial charge >= 0.3 is 0 Å². The molecule has 0 saturated carbocycles. The van der Waals surface area contributed by atoms with E-state index in [9.17, 15) is 4.79 Å². The summed E-state index contributed by atoms with van der Waals surface area (Å²) in [6.45, 7) is 12.3. The van der Waals surface area contributed by atoms with Gasteiger partial charge in [-0.1, -0.05) is 27.7 Å². The van der Waals surface area contributed by atoms with E-state index in [2.05, 4.69) is 43.2 Å². The van der Waals surface area contributed by atoms with Gasteiger partial charge in [-0.2, -0.15) is 5.10 Å². The normalized spacial score (nSPS) is 30.5. The van der Waals surface area contributed by atoms with Gasteiger partial charge in [-0.3, -0.25) is 9.89 Å². The van der Waals surface area contributed by atoms with Crippen LogP contribution in [0.15, 0.2) is 6.07 Å². The molecule has 5 nitrogen and oxygen atoms in total. The molecule has 5 heteroatoms. The molecule has 0 bridgehead atoms. The number of anilines is 1. The fourth-order valence-corrected chi connectivity index (χ4v) is 2.70. The van der Waals surface area contributed by atoms with Crippen molar-refractivity contribution in [2.45, 2.75) is 59.2 Å².